The van der Waals surface area contributed by atoms with Gasteiger partial charge in [-0.05, 0) is 59.4 Å². The van der Waals surface area contributed by atoms with E-state index in [1.165, 1.54) is 27.6 Å². The van der Waals surface area contributed by atoms with Gasteiger partial charge in [-0.2, -0.15) is 4.98 Å². The molecule has 0 atom stereocenters. The van der Waals surface area contributed by atoms with Crippen molar-refractivity contribution < 1.29 is 4.74 Å². The number of ether oxygens (including phenoxy) is 1. The summed E-state index contributed by atoms with van der Waals surface area (Å²) in [5, 5.41) is 4.70. The molecule has 244 valence electrons. The molecule has 0 saturated carbocycles. The monoisotopic (exact) mass is 651 g/mol. The predicted octanol–water partition coefficient (Wildman–Crippen LogP) is 11.5. The van der Waals surface area contributed by atoms with Crippen molar-refractivity contribution in [3.05, 3.63) is 151 Å². The van der Waals surface area contributed by atoms with Crippen molar-refractivity contribution >= 4 is 43.6 Å². The Hall–Kier alpha value is -6.14. The summed E-state index contributed by atoms with van der Waals surface area (Å²) in [6, 6.07) is 44.4. The summed E-state index contributed by atoms with van der Waals surface area (Å²) in [6.45, 7) is 9.03. The van der Waals surface area contributed by atoms with E-state index in [-0.39, 0.29) is 0 Å². The van der Waals surface area contributed by atoms with E-state index in [1.54, 1.807) is 0 Å². The molecule has 9 aromatic rings. The highest BCUT2D eigenvalue weighted by Gasteiger charge is 2.22. The SMILES string of the molecule is CC(C)c1cccc(C(C)C)c1-n1ccnc1-n1c2ccccc2c2ccc(Oc3cccc(-n4c5ccccc5c5ccccc54)n3)cc21. The molecular weight excluding hydrogens is 615 g/mol. The Morgan fingerprint density at radius 3 is 1.72 bits per heavy atom. The average Bonchev–Trinajstić information content (AvgIpc) is 3.83. The number of nitrogens with zero attached hydrogens (tertiary/aromatic N) is 5. The fourth-order valence-electron chi connectivity index (χ4n) is 7.53. The van der Waals surface area contributed by atoms with Gasteiger partial charge in [0.2, 0.25) is 11.8 Å². The van der Waals surface area contributed by atoms with E-state index in [0.717, 1.165) is 44.6 Å². The predicted molar refractivity (Wildman–Crippen MR) is 205 cm³/mol. The number of rotatable bonds is 7. The lowest BCUT2D eigenvalue weighted by atomic mass is 9.92. The van der Waals surface area contributed by atoms with Crippen LogP contribution < -0.4 is 4.74 Å². The molecule has 4 heterocycles. The molecule has 0 unspecified atom stereocenters. The second-order valence-electron chi connectivity index (χ2n) is 13.5. The van der Waals surface area contributed by atoms with E-state index in [4.69, 9.17) is 14.7 Å². The van der Waals surface area contributed by atoms with Gasteiger partial charge >= 0.3 is 0 Å². The van der Waals surface area contributed by atoms with E-state index in [2.05, 4.69) is 151 Å². The van der Waals surface area contributed by atoms with Crippen LogP contribution in [0.2, 0.25) is 0 Å². The first kappa shape index (κ1) is 30.0. The fourth-order valence-corrected chi connectivity index (χ4v) is 7.53. The zero-order chi connectivity index (χ0) is 33.9. The third kappa shape index (κ3) is 4.71. The number of hydrogen-bond acceptors (Lipinski definition) is 3. The second-order valence-corrected chi connectivity index (χ2v) is 13.5. The van der Waals surface area contributed by atoms with E-state index in [9.17, 15) is 0 Å². The molecule has 0 amide bonds. The minimum Gasteiger partial charge on any atom is -0.439 e. The Bertz CT molecular complexity index is 2630. The van der Waals surface area contributed by atoms with Crippen LogP contribution in [0, 0.1) is 0 Å². The first-order chi connectivity index (χ1) is 24.5. The molecule has 6 heteroatoms. The average molecular weight is 652 g/mol. The molecule has 0 saturated heterocycles. The maximum Gasteiger partial charge on any atom is 0.221 e. The molecule has 50 heavy (non-hydrogen) atoms. The van der Waals surface area contributed by atoms with E-state index >= 15 is 0 Å². The third-order valence-electron chi connectivity index (χ3n) is 9.79. The highest BCUT2D eigenvalue weighted by molar-refractivity contribution is 6.10. The maximum atomic E-state index is 6.57. The van der Waals surface area contributed by atoms with Crippen LogP contribution in [0.4, 0.5) is 0 Å². The van der Waals surface area contributed by atoms with Gasteiger partial charge in [-0.25, -0.2) is 4.98 Å². The Kier molecular flexibility index (Phi) is 7.06. The summed E-state index contributed by atoms with van der Waals surface area (Å²) in [5.74, 6) is 3.58. The number of pyridine rings is 1. The molecule has 9 rings (SSSR count). The van der Waals surface area contributed by atoms with Gasteiger partial charge in [-0.3, -0.25) is 13.7 Å². The minimum atomic E-state index is 0.350. The third-order valence-corrected chi connectivity index (χ3v) is 9.79. The van der Waals surface area contributed by atoms with E-state index in [0.29, 0.717) is 23.5 Å². The largest absolute Gasteiger partial charge is 0.439 e. The Balaban J connectivity index is 1.19. The van der Waals surface area contributed by atoms with Gasteiger partial charge in [0, 0.05) is 46.1 Å². The zero-order valence-electron chi connectivity index (χ0n) is 28.6. The van der Waals surface area contributed by atoms with Crippen molar-refractivity contribution in [2.45, 2.75) is 39.5 Å². The summed E-state index contributed by atoms with van der Waals surface area (Å²) in [6.07, 6.45) is 4.00. The van der Waals surface area contributed by atoms with Crippen molar-refractivity contribution in [1.29, 1.82) is 0 Å². The normalized spacial score (nSPS) is 12.0. The number of imidazole rings is 1. The number of fused-ring (bicyclic) bond motifs is 6. The van der Waals surface area contributed by atoms with Crippen LogP contribution in [0.5, 0.6) is 11.6 Å². The molecular formula is C44H37N5O. The summed E-state index contributed by atoms with van der Waals surface area (Å²) in [5.41, 5.74) is 8.13. The first-order valence-corrected chi connectivity index (χ1v) is 17.3. The van der Waals surface area contributed by atoms with Crippen LogP contribution in [-0.2, 0) is 0 Å². The van der Waals surface area contributed by atoms with Crippen LogP contribution in [0.25, 0.3) is 61.1 Å². The molecule has 6 nitrogen and oxygen atoms in total. The standard InChI is InChI=1S/C44H37N5O/c1-28(2)31-16-11-17-32(29(3)4)43(31)47-26-25-45-44(47)49-39-20-10-7-15-35(39)36-24-23-30(27-40(36)49)50-42-22-12-21-41(46-42)48-37-18-8-5-13-33(37)34-14-6-9-19-38(34)48/h5-29H,1-4H3. The molecule has 0 fully saturated rings. The van der Waals surface area contributed by atoms with Crippen LogP contribution in [0.1, 0.15) is 50.7 Å². The van der Waals surface area contributed by atoms with Crippen molar-refractivity contribution in [2.75, 3.05) is 0 Å². The molecule has 4 aromatic heterocycles. The van der Waals surface area contributed by atoms with Crippen molar-refractivity contribution in [3.63, 3.8) is 0 Å². The molecule has 0 radical (unpaired) electrons. The Labute approximate surface area is 290 Å². The molecule has 0 spiro atoms. The van der Waals surface area contributed by atoms with Gasteiger partial charge in [0.05, 0.1) is 27.8 Å². The Morgan fingerprint density at radius 1 is 0.540 bits per heavy atom. The highest BCUT2D eigenvalue weighted by Crippen LogP contribution is 2.38. The quantitative estimate of drug-likeness (QED) is 0.172. The number of hydrogen-bond donors (Lipinski definition) is 0. The molecule has 0 bridgehead atoms. The number of benzene rings is 5. The summed E-state index contributed by atoms with van der Waals surface area (Å²) >= 11 is 0. The molecule has 0 aliphatic heterocycles. The Morgan fingerprint density at radius 2 is 1.10 bits per heavy atom. The molecule has 0 aliphatic rings. The van der Waals surface area contributed by atoms with Crippen molar-refractivity contribution in [3.8, 4) is 29.1 Å². The van der Waals surface area contributed by atoms with Crippen molar-refractivity contribution in [2.24, 2.45) is 0 Å². The molecule has 0 N–H and O–H groups in total. The van der Waals surface area contributed by atoms with Crippen molar-refractivity contribution in [1.82, 2.24) is 23.7 Å². The van der Waals surface area contributed by atoms with Gasteiger partial charge in [0.1, 0.15) is 11.6 Å². The molecule has 5 aromatic carbocycles. The summed E-state index contributed by atoms with van der Waals surface area (Å²) in [7, 11) is 0. The van der Waals surface area contributed by atoms with Crippen LogP contribution in [0.3, 0.4) is 0 Å². The van der Waals surface area contributed by atoms with Crippen LogP contribution in [-0.4, -0.2) is 23.7 Å². The lowest BCUT2D eigenvalue weighted by molar-refractivity contribution is 0.463. The summed E-state index contributed by atoms with van der Waals surface area (Å²) < 4.78 is 13.3. The lowest BCUT2D eigenvalue weighted by Gasteiger charge is -2.22. The summed E-state index contributed by atoms with van der Waals surface area (Å²) in [4.78, 5) is 10.0. The van der Waals surface area contributed by atoms with Gasteiger partial charge in [0.25, 0.3) is 0 Å². The fraction of sp³-hybridized carbons (Fsp3) is 0.136. The number of aromatic nitrogens is 5. The molecule has 0 aliphatic carbocycles. The van der Waals surface area contributed by atoms with E-state index < -0.39 is 0 Å². The zero-order valence-corrected chi connectivity index (χ0v) is 28.6. The van der Waals surface area contributed by atoms with Crippen LogP contribution >= 0.6 is 0 Å². The second kappa shape index (κ2) is 11.8. The topological polar surface area (TPSA) is 49.8 Å². The van der Waals surface area contributed by atoms with Gasteiger partial charge in [-0.15, -0.1) is 0 Å². The smallest absolute Gasteiger partial charge is 0.221 e. The van der Waals surface area contributed by atoms with Crippen LogP contribution in [0.15, 0.2) is 140 Å². The van der Waals surface area contributed by atoms with Gasteiger partial charge < -0.3 is 4.74 Å². The minimum absolute atomic E-state index is 0.350. The van der Waals surface area contributed by atoms with Gasteiger partial charge in [-0.1, -0.05) is 107 Å². The highest BCUT2D eigenvalue weighted by atomic mass is 16.5. The van der Waals surface area contributed by atoms with E-state index in [1.807, 2.05) is 30.5 Å². The number of para-hydroxylation sites is 4. The first-order valence-electron chi connectivity index (χ1n) is 17.3. The van der Waals surface area contributed by atoms with Gasteiger partial charge in [0.15, 0.2) is 0 Å². The lowest BCUT2D eigenvalue weighted by Crippen LogP contribution is -2.11. The maximum absolute atomic E-state index is 6.57.